The topological polar surface area (TPSA) is 67.1 Å². The van der Waals surface area contributed by atoms with Gasteiger partial charge in [0.05, 0.1) is 0 Å². The Hall–Kier alpha value is -0.860. The minimum atomic E-state index is 0. The first-order valence-electron chi connectivity index (χ1n) is 9.45. The maximum Gasteiger partial charge on any atom is 0.192 e. The standard InChI is InChI=1S/C18H32N6.HI/c1-12(2)14-5-7-15(8-6-14)20-18(21-16-9-10-16)19-11-17-23-22-13(3)24(17)4;/h12,14-16H,5-11H2,1-4H3,(H2,19,20,21);1H. The average Bonchev–Trinajstić information content (AvgIpc) is 3.32. The minimum absolute atomic E-state index is 0. The minimum Gasteiger partial charge on any atom is -0.354 e. The van der Waals surface area contributed by atoms with Crippen LogP contribution < -0.4 is 10.6 Å². The summed E-state index contributed by atoms with van der Waals surface area (Å²) in [6.07, 6.45) is 7.66. The summed E-state index contributed by atoms with van der Waals surface area (Å²) in [5.74, 6) is 4.49. The molecular weight excluding hydrogens is 427 g/mol. The van der Waals surface area contributed by atoms with E-state index in [9.17, 15) is 0 Å². The molecule has 0 atom stereocenters. The Kier molecular flexibility index (Phi) is 7.51. The summed E-state index contributed by atoms with van der Waals surface area (Å²) in [6, 6.07) is 1.15. The molecule has 0 aromatic carbocycles. The Balaban J connectivity index is 0.00000225. The SMILES string of the molecule is Cc1nnc(CN=C(NC2CC2)NC2CCC(C(C)C)CC2)n1C.I. The average molecular weight is 460 g/mol. The molecule has 0 saturated heterocycles. The van der Waals surface area contributed by atoms with Crippen LogP contribution in [-0.4, -0.2) is 32.8 Å². The highest BCUT2D eigenvalue weighted by molar-refractivity contribution is 14.0. The number of rotatable bonds is 5. The lowest BCUT2D eigenvalue weighted by molar-refractivity contribution is 0.250. The zero-order valence-electron chi connectivity index (χ0n) is 16.0. The summed E-state index contributed by atoms with van der Waals surface area (Å²) in [5, 5.41) is 15.5. The zero-order chi connectivity index (χ0) is 17.1. The number of guanidine groups is 1. The van der Waals surface area contributed by atoms with E-state index < -0.39 is 0 Å². The predicted octanol–water partition coefficient (Wildman–Crippen LogP) is 3.15. The van der Waals surface area contributed by atoms with Crippen LogP contribution in [0.2, 0.25) is 0 Å². The molecule has 2 N–H and O–H groups in total. The van der Waals surface area contributed by atoms with E-state index in [4.69, 9.17) is 4.99 Å². The molecule has 0 radical (unpaired) electrons. The summed E-state index contributed by atoms with van der Waals surface area (Å²) in [5.41, 5.74) is 0. The van der Waals surface area contributed by atoms with Crippen LogP contribution in [0.5, 0.6) is 0 Å². The first-order chi connectivity index (χ1) is 11.5. The molecule has 0 bridgehead atoms. The molecule has 2 saturated carbocycles. The quantitative estimate of drug-likeness (QED) is 0.403. The van der Waals surface area contributed by atoms with Gasteiger partial charge in [-0.05, 0) is 57.3 Å². The van der Waals surface area contributed by atoms with E-state index in [-0.39, 0.29) is 24.0 Å². The van der Waals surface area contributed by atoms with Crippen LogP contribution in [0, 0.1) is 18.8 Å². The van der Waals surface area contributed by atoms with Crippen molar-refractivity contribution in [2.24, 2.45) is 23.9 Å². The van der Waals surface area contributed by atoms with Crippen LogP contribution in [0.3, 0.4) is 0 Å². The summed E-state index contributed by atoms with van der Waals surface area (Å²) in [4.78, 5) is 4.77. The van der Waals surface area contributed by atoms with Gasteiger partial charge in [0, 0.05) is 19.1 Å². The molecule has 3 rings (SSSR count). The predicted molar refractivity (Wildman–Crippen MR) is 112 cm³/mol. The van der Waals surface area contributed by atoms with Crippen molar-refractivity contribution in [3.8, 4) is 0 Å². The fourth-order valence-electron chi connectivity index (χ4n) is 3.42. The highest BCUT2D eigenvalue weighted by Crippen LogP contribution is 2.30. The van der Waals surface area contributed by atoms with Crippen molar-refractivity contribution in [1.29, 1.82) is 0 Å². The van der Waals surface area contributed by atoms with E-state index in [0.29, 0.717) is 18.6 Å². The number of nitrogens with one attached hydrogen (secondary N) is 2. The van der Waals surface area contributed by atoms with Crippen LogP contribution in [0.25, 0.3) is 0 Å². The summed E-state index contributed by atoms with van der Waals surface area (Å²) >= 11 is 0. The number of hydrogen-bond donors (Lipinski definition) is 2. The van der Waals surface area contributed by atoms with Gasteiger partial charge in [-0.25, -0.2) is 4.99 Å². The van der Waals surface area contributed by atoms with E-state index in [1.165, 1.54) is 38.5 Å². The Bertz CT molecular complexity index is 570. The van der Waals surface area contributed by atoms with Crippen molar-refractivity contribution in [1.82, 2.24) is 25.4 Å². The van der Waals surface area contributed by atoms with Gasteiger partial charge in [-0.3, -0.25) is 0 Å². The van der Waals surface area contributed by atoms with E-state index in [2.05, 4.69) is 34.7 Å². The molecular formula is C18H33IN6. The fraction of sp³-hybridized carbons (Fsp3) is 0.833. The van der Waals surface area contributed by atoms with E-state index in [1.54, 1.807) is 0 Å². The number of nitrogens with zero attached hydrogens (tertiary/aromatic N) is 4. The fourth-order valence-corrected chi connectivity index (χ4v) is 3.42. The zero-order valence-corrected chi connectivity index (χ0v) is 18.3. The molecule has 6 nitrogen and oxygen atoms in total. The Labute approximate surface area is 168 Å². The smallest absolute Gasteiger partial charge is 0.192 e. The first-order valence-corrected chi connectivity index (χ1v) is 9.45. The molecule has 1 aromatic heterocycles. The van der Waals surface area contributed by atoms with Crippen LogP contribution in [0.15, 0.2) is 4.99 Å². The van der Waals surface area contributed by atoms with Crippen molar-refractivity contribution in [3.05, 3.63) is 11.6 Å². The first kappa shape index (κ1) is 20.5. The van der Waals surface area contributed by atoms with Crippen molar-refractivity contribution < 1.29 is 0 Å². The normalized spacial score (nSPS) is 24.1. The van der Waals surface area contributed by atoms with Gasteiger partial charge in [-0.2, -0.15) is 0 Å². The highest BCUT2D eigenvalue weighted by Gasteiger charge is 2.26. The van der Waals surface area contributed by atoms with Gasteiger partial charge in [-0.1, -0.05) is 13.8 Å². The molecule has 0 spiro atoms. The second-order valence-corrected chi connectivity index (χ2v) is 7.81. The Morgan fingerprint density at radius 1 is 1.08 bits per heavy atom. The number of hydrogen-bond acceptors (Lipinski definition) is 3. The maximum absolute atomic E-state index is 4.77. The van der Waals surface area contributed by atoms with Crippen LogP contribution >= 0.6 is 24.0 Å². The third-order valence-corrected chi connectivity index (χ3v) is 5.54. The largest absolute Gasteiger partial charge is 0.354 e. The van der Waals surface area contributed by atoms with Gasteiger partial charge in [0.25, 0.3) is 0 Å². The Morgan fingerprint density at radius 3 is 2.08 bits per heavy atom. The second-order valence-electron chi connectivity index (χ2n) is 7.81. The summed E-state index contributed by atoms with van der Waals surface area (Å²) in [7, 11) is 1.99. The van der Waals surface area contributed by atoms with E-state index in [0.717, 1.165) is 29.4 Å². The van der Waals surface area contributed by atoms with Crippen LogP contribution in [0.1, 0.15) is 64.0 Å². The van der Waals surface area contributed by atoms with Crippen molar-refractivity contribution >= 4 is 29.9 Å². The molecule has 142 valence electrons. The van der Waals surface area contributed by atoms with Gasteiger partial charge in [0.15, 0.2) is 11.8 Å². The van der Waals surface area contributed by atoms with Crippen molar-refractivity contribution in [2.45, 2.75) is 77.9 Å². The van der Waals surface area contributed by atoms with Gasteiger partial charge in [-0.15, -0.1) is 34.2 Å². The molecule has 1 heterocycles. The maximum atomic E-state index is 4.77. The molecule has 0 aliphatic heterocycles. The van der Waals surface area contributed by atoms with Crippen LogP contribution in [-0.2, 0) is 13.6 Å². The molecule has 0 amide bonds. The number of halogens is 1. The molecule has 0 unspecified atom stereocenters. The number of aryl methyl sites for hydroxylation is 1. The molecule has 7 heteroatoms. The molecule has 2 aliphatic carbocycles. The van der Waals surface area contributed by atoms with Gasteiger partial charge in [0.1, 0.15) is 12.4 Å². The molecule has 2 aliphatic rings. The van der Waals surface area contributed by atoms with E-state index in [1.807, 2.05) is 18.5 Å². The molecule has 25 heavy (non-hydrogen) atoms. The van der Waals surface area contributed by atoms with Crippen molar-refractivity contribution in [2.75, 3.05) is 0 Å². The highest BCUT2D eigenvalue weighted by atomic mass is 127. The number of aromatic nitrogens is 3. The third-order valence-electron chi connectivity index (χ3n) is 5.54. The lowest BCUT2D eigenvalue weighted by atomic mass is 9.80. The van der Waals surface area contributed by atoms with Gasteiger partial charge in [0.2, 0.25) is 0 Å². The third kappa shape index (κ3) is 5.82. The van der Waals surface area contributed by atoms with Gasteiger partial charge >= 0.3 is 0 Å². The molecule has 1 aromatic rings. The Morgan fingerprint density at radius 2 is 1.64 bits per heavy atom. The second kappa shape index (κ2) is 9.19. The van der Waals surface area contributed by atoms with Gasteiger partial charge < -0.3 is 15.2 Å². The van der Waals surface area contributed by atoms with E-state index >= 15 is 0 Å². The van der Waals surface area contributed by atoms with Crippen molar-refractivity contribution in [3.63, 3.8) is 0 Å². The summed E-state index contributed by atoms with van der Waals surface area (Å²) < 4.78 is 2.01. The molecule has 2 fully saturated rings. The summed E-state index contributed by atoms with van der Waals surface area (Å²) in [6.45, 7) is 7.24. The van der Waals surface area contributed by atoms with Crippen LogP contribution in [0.4, 0.5) is 0 Å². The lowest BCUT2D eigenvalue weighted by Crippen LogP contribution is -2.46. The lowest BCUT2D eigenvalue weighted by Gasteiger charge is -2.32. The monoisotopic (exact) mass is 460 g/mol. The number of aliphatic imine (C=N–C) groups is 1.